The average Bonchev–Trinajstić information content (AvgIpc) is 3.09. The number of hydrogen-bond acceptors (Lipinski definition) is 4. The maximum absolute atomic E-state index is 16.1. The fraction of sp³-hybridized carbons (Fsp3) is 0.591. The van der Waals surface area contributed by atoms with Crippen LogP contribution in [0.15, 0.2) is 0 Å². The van der Waals surface area contributed by atoms with Gasteiger partial charge in [0.2, 0.25) is 11.8 Å². The Morgan fingerprint density at radius 1 is 1.03 bits per heavy atom. The number of amides is 3. The van der Waals surface area contributed by atoms with Crippen LogP contribution in [0, 0.1) is 17.5 Å². The smallest absolute Gasteiger partial charge is 0.258 e. The van der Waals surface area contributed by atoms with Crippen LogP contribution in [0.1, 0.15) is 84.7 Å². The molecule has 0 aromatic heterocycles. The number of nitrogens with one attached hydrogen (secondary N) is 1. The Morgan fingerprint density at radius 2 is 1.68 bits per heavy atom. The van der Waals surface area contributed by atoms with E-state index in [2.05, 4.69) is 0 Å². The first kappa shape index (κ1) is 13.9. The molecule has 9 heteroatoms. The number of carbonyl (C=O) groups excluding carboxylic acids is 3. The second kappa shape index (κ2) is 7.62. The number of piperidine rings is 2. The van der Waals surface area contributed by atoms with Crippen molar-refractivity contribution in [3.63, 3.8) is 0 Å². The topological polar surface area (TPSA) is 69.7 Å². The summed E-state index contributed by atoms with van der Waals surface area (Å²) in [4.78, 5) is 37.8. The lowest BCUT2D eigenvalue weighted by atomic mass is 9.85. The summed E-state index contributed by atoms with van der Waals surface area (Å²) >= 11 is 0. The maximum Gasteiger partial charge on any atom is 0.258 e. The molecule has 0 bridgehead atoms. The Kier molecular flexibility index (Phi) is 3.41. The van der Waals surface area contributed by atoms with Crippen LogP contribution in [0.5, 0.6) is 0 Å². The summed E-state index contributed by atoms with van der Waals surface area (Å²) in [6.45, 7) is -3.62. The van der Waals surface area contributed by atoms with Crippen LogP contribution in [-0.4, -0.2) is 52.1 Å². The third-order valence-corrected chi connectivity index (χ3v) is 5.44. The molecule has 6 nitrogen and oxygen atoms in total. The predicted octanol–water partition coefficient (Wildman–Crippen LogP) is 2.84. The molecule has 3 heterocycles. The van der Waals surface area contributed by atoms with Crippen LogP contribution in [0.4, 0.5) is 13.2 Å². The van der Waals surface area contributed by atoms with Crippen molar-refractivity contribution in [2.45, 2.75) is 70.4 Å². The van der Waals surface area contributed by atoms with Gasteiger partial charge < -0.3 is 4.90 Å². The quantitative estimate of drug-likeness (QED) is 0.562. The number of imide groups is 1. The van der Waals surface area contributed by atoms with Gasteiger partial charge in [-0.25, -0.2) is 13.2 Å². The van der Waals surface area contributed by atoms with Gasteiger partial charge in [0.25, 0.3) is 5.91 Å². The van der Waals surface area contributed by atoms with Crippen molar-refractivity contribution in [1.82, 2.24) is 15.1 Å². The molecule has 0 radical (unpaired) electrons. The summed E-state index contributed by atoms with van der Waals surface area (Å²) in [5.74, 6) is -11.6. The number of halogens is 3. The van der Waals surface area contributed by atoms with Gasteiger partial charge in [0.05, 0.1) is 12.1 Å². The molecule has 1 aromatic rings. The SMILES string of the molecule is [2H]C1([2H])C(c2c(F)c(F)c3c(c2F)CN([C@H]2CCC(=O)NC2=O)C3=O)C([2H])([2H])C([2H])([2H])N(C(C)(C)C)C1([2H])[2H]. The van der Waals surface area contributed by atoms with Crippen molar-refractivity contribution in [3.8, 4) is 0 Å². The van der Waals surface area contributed by atoms with Crippen molar-refractivity contribution < 1.29 is 38.5 Å². The van der Waals surface area contributed by atoms with E-state index in [0.717, 1.165) is 0 Å². The first-order valence-electron chi connectivity index (χ1n) is 13.7. The van der Waals surface area contributed by atoms with Crippen molar-refractivity contribution in [3.05, 3.63) is 34.1 Å². The number of hydrogen-bond donors (Lipinski definition) is 1. The van der Waals surface area contributed by atoms with Gasteiger partial charge in [-0.15, -0.1) is 0 Å². The van der Waals surface area contributed by atoms with Gasteiger partial charge in [0.15, 0.2) is 11.6 Å². The number of carbonyl (C=O) groups is 3. The predicted molar refractivity (Wildman–Crippen MR) is 106 cm³/mol. The number of rotatable bonds is 2. The molecule has 2 saturated heterocycles. The number of nitrogens with zero attached hydrogens (tertiary/aromatic N) is 2. The summed E-state index contributed by atoms with van der Waals surface area (Å²) in [5, 5.41) is 1.99. The van der Waals surface area contributed by atoms with Crippen LogP contribution in [-0.2, 0) is 16.1 Å². The Balaban J connectivity index is 1.92. The van der Waals surface area contributed by atoms with E-state index >= 15 is 13.2 Å². The molecule has 168 valence electrons. The van der Waals surface area contributed by atoms with E-state index in [4.69, 9.17) is 11.0 Å². The first-order valence-corrected chi connectivity index (χ1v) is 9.67. The van der Waals surface area contributed by atoms with E-state index in [-0.39, 0.29) is 12.8 Å². The fourth-order valence-corrected chi connectivity index (χ4v) is 3.77. The largest absolute Gasteiger partial charge is 0.322 e. The zero-order valence-corrected chi connectivity index (χ0v) is 17.0. The highest BCUT2D eigenvalue weighted by Crippen LogP contribution is 2.40. The Labute approximate surface area is 190 Å². The third kappa shape index (κ3) is 3.62. The van der Waals surface area contributed by atoms with Gasteiger partial charge in [0.1, 0.15) is 11.9 Å². The van der Waals surface area contributed by atoms with Crippen LogP contribution in [0.2, 0.25) is 0 Å². The van der Waals surface area contributed by atoms with Gasteiger partial charge in [0, 0.05) is 34.1 Å². The number of fused-ring (bicyclic) bond motifs is 1. The van der Waals surface area contributed by atoms with Gasteiger partial charge in [-0.2, -0.15) is 0 Å². The van der Waals surface area contributed by atoms with Crippen molar-refractivity contribution in [1.29, 1.82) is 0 Å². The molecule has 1 aromatic carbocycles. The molecule has 0 saturated carbocycles. The van der Waals surface area contributed by atoms with E-state index in [1.54, 1.807) is 0 Å². The number of benzene rings is 1. The molecule has 3 amide bonds. The molecular formula is C22H26F3N3O3. The van der Waals surface area contributed by atoms with E-state index in [0.29, 0.717) is 9.80 Å². The van der Waals surface area contributed by atoms with Crippen molar-refractivity contribution in [2.24, 2.45) is 0 Å². The zero-order valence-electron chi connectivity index (χ0n) is 25.0. The van der Waals surface area contributed by atoms with Crippen molar-refractivity contribution in [2.75, 3.05) is 13.0 Å². The molecule has 3 aliphatic heterocycles. The highest BCUT2D eigenvalue weighted by atomic mass is 19.2. The molecule has 1 N–H and O–H groups in total. The second-order valence-electron chi connectivity index (χ2n) is 8.56. The van der Waals surface area contributed by atoms with Gasteiger partial charge in [-0.1, -0.05) is 0 Å². The standard InChI is InChI=1S/C22H26F3N3O3/c1-22(2,3)27-8-6-11(7-9-27)15-17(23)12-10-28(13-4-5-14(29)26-20(13)30)21(31)16(12)19(25)18(15)24/h11,13H,4-10H2,1-3H3,(H,26,29,30)/t13-/m0/s1/i6D2,7D2,8D2,9D2. The molecule has 0 aliphatic carbocycles. The zero-order chi connectivity index (χ0) is 29.8. The van der Waals surface area contributed by atoms with Crippen LogP contribution in [0.25, 0.3) is 0 Å². The van der Waals surface area contributed by atoms with E-state index in [9.17, 15) is 14.4 Å². The van der Waals surface area contributed by atoms with Crippen LogP contribution >= 0.6 is 0 Å². The van der Waals surface area contributed by atoms with Crippen molar-refractivity contribution >= 4 is 17.7 Å². The minimum atomic E-state index is -3.54. The lowest BCUT2D eigenvalue weighted by Gasteiger charge is -2.41. The molecule has 2 fully saturated rings. The Bertz CT molecular complexity index is 1270. The van der Waals surface area contributed by atoms with Gasteiger partial charge in [-0.3, -0.25) is 24.6 Å². The lowest BCUT2D eigenvalue weighted by molar-refractivity contribution is -0.136. The highest BCUT2D eigenvalue weighted by Gasteiger charge is 2.44. The molecular weight excluding hydrogens is 411 g/mol. The monoisotopic (exact) mass is 445 g/mol. The minimum Gasteiger partial charge on any atom is -0.322 e. The summed E-state index contributed by atoms with van der Waals surface area (Å²) in [7, 11) is 0. The first-order chi connectivity index (χ1) is 17.5. The summed E-state index contributed by atoms with van der Waals surface area (Å²) in [6.07, 6.45) is -7.44. The second-order valence-corrected chi connectivity index (χ2v) is 8.56. The fourth-order valence-electron chi connectivity index (χ4n) is 3.77. The highest BCUT2D eigenvalue weighted by molar-refractivity contribution is 6.05. The molecule has 3 aliphatic rings. The summed E-state index contributed by atoms with van der Waals surface area (Å²) in [6, 6.07) is -1.33. The summed E-state index contributed by atoms with van der Waals surface area (Å²) in [5.41, 5.74) is -5.02. The Hall–Kier alpha value is -2.42. The lowest BCUT2D eigenvalue weighted by Crippen LogP contribution is -2.52. The van der Waals surface area contributed by atoms with Crippen LogP contribution < -0.4 is 5.32 Å². The number of likely N-dealkylation sites (tertiary alicyclic amines) is 1. The average molecular weight is 446 g/mol. The van der Waals surface area contributed by atoms with E-state index in [1.165, 1.54) is 20.8 Å². The third-order valence-electron chi connectivity index (χ3n) is 5.44. The van der Waals surface area contributed by atoms with Crippen LogP contribution in [0.3, 0.4) is 0 Å². The summed E-state index contributed by atoms with van der Waals surface area (Å²) < 4.78 is 115. The molecule has 0 unspecified atom stereocenters. The van der Waals surface area contributed by atoms with Gasteiger partial charge >= 0.3 is 0 Å². The Morgan fingerprint density at radius 3 is 2.26 bits per heavy atom. The molecule has 1 atom stereocenters. The van der Waals surface area contributed by atoms with Gasteiger partial charge in [-0.05, 0) is 58.8 Å². The molecule has 4 rings (SSSR count). The normalized spacial score (nSPS) is 33.7. The minimum absolute atomic E-state index is 0.181. The molecule has 0 spiro atoms. The maximum atomic E-state index is 16.1. The molecule has 31 heavy (non-hydrogen) atoms. The van der Waals surface area contributed by atoms with E-state index < -0.39 is 102 Å². The van der Waals surface area contributed by atoms with E-state index in [1.807, 2.05) is 5.32 Å².